The molecule has 0 radical (unpaired) electrons. The van der Waals surface area contributed by atoms with Crippen LogP contribution in [0.1, 0.15) is 44.1 Å². The molecule has 2 rings (SSSR count). The number of hydrogen-bond acceptors (Lipinski definition) is 2. The minimum absolute atomic E-state index is 0.207. The van der Waals surface area contributed by atoms with Crippen molar-refractivity contribution >= 4 is 0 Å². The van der Waals surface area contributed by atoms with Crippen LogP contribution in [0, 0.1) is 0 Å². The van der Waals surface area contributed by atoms with Crippen molar-refractivity contribution in [1.82, 2.24) is 9.55 Å². The number of imidazole rings is 1. The molecule has 0 saturated heterocycles. The van der Waals surface area contributed by atoms with Gasteiger partial charge in [0.2, 0.25) is 0 Å². The molecule has 2 heterocycles. The van der Waals surface area contributed by atoms with Gasteiger partial charge in [0.1, 0.15) is 5.82 Å². The van der Waals surface area contributed by atoms with Crippen LogP contribution in [0.2, 0.25) is 0 Å². The average molecular weight is 193 g/mol. The fourth-order valence-electron chi connectivity index (χ4n) is 2.23. The van der Waals surface area contributed by atoms with Crippen LogP contribution in [-0.2, 0) is 13.0 Å². The van der Waals surface area contributed by atoms with Crippen LogP contribution in [0.15, 0.2) is 6.20 Å². The zero-order chi connectivity index (χ0) is 10.1. The van der Waals surface area contributed by atoms with E-state index >= 15 is 0 Å². The van der Waals surface area contributed by atoms with Gasteiger partial charge in [0.05, 0.1) is 0 Å². The van der Waals surface area contributed by atoms with Crippen molar-refractivity contribution < 1.29 is 0 Å². The quantitative estimate of drug-likeness (QED) is 0.776. The largest absolute Gasteiger partial charge is 0.332 e. The van der Waals surface area contributed by atoms with Crippen molar-refractivity contribution in [1.29, 1.82) is 0 Å². The lowest BCUT2D eigenvalue weighted by Crippen LogP contribution is -2.22. The summed E-state index contributed by atoms with van der Waals surface area (Å²) < 4.78 is 2.36. The molecule has 1 aromatic rings. The predicted octanol–water partition coefficient (Wildman–Crippen LogP) is 1.67. The summed E-state index contributed by atoms with van der Waals surface area (Å²) in [5, 5.41) is 0. The normalized spacial score (nSPS) is 23.2. The monoisotopic (exact) mass is 193 g/mol. The van der Waals surface area contributed by atoms with E-state index in [2.05, 4.69) is 16.5 Å². The van der Waals surface area contributed by atoms with Crippen LogP contribution < -0.4 is 5.73 Å². The molecule has 2 unspecified atom stereocenters. The summed E-state index contributed by atoms with van der Waals surface area (Å²) in [6.07, 6.45) is 5.49. The van der Waals surface area contributed by atoms with Gasteiger partial charge in [-0.1, -0.05) is 6.92 Å². The van der Waals surface area contributed by atoms with Gasteiger partial charge in [-0.3, -0.25) is 0 Å². The average Bonchev–Trinajstić information content (AvgIpc) is 2.49. The molecule has 3 heteroatoms. The molecule has 3 nitrogen and oxygen atoms in total. The number of rotatable bonds is 2. The third-order valence-corrected chi connectivity index (χ3v) is 3.00. The van der Waals surface area contributed by atoms with Gasteiger partial charge >= 0.3 is 0 Å². The Balaban J connectivity index is 2.26. The predicted molar refractivity (Wildman–Crippen MR) is 57.2 cm³/mol. The van der Waals surface area contributed by atoms with E-state index in [-0.39, 0.29) is 6.04 Å². The first-order chi connectivity index (χ1) is 6.68. The topological polar surface area (TPSA) is 43.8 Å². The van der Waals surface area contributed by atoms with E-state index in [0.29, 0.717) is 5.92 Å². The van der Waals surface area contributed by atoms with Gasteiger partial charge in [-0.25, -0.2) is 4.98 Å². The molecule has 0 fully saturated rings. The Morgan fingerprint density at radius 2 is 2.50 bits per heavy atom. The molecule has 0 amide bonds. The molecule has 1 aliphatic rings. The molecule has 1 aliphatic heterocycles. The van der Waals surface area contributed by atoms with Crippen LogP contribution in [0.25, 0.3) is 0 Å². The molecule has 1 aromatic heterocycles. The summed E-state index contributed by atoms with van der Waals surface area (Å²) in [5.74, 6) is 1.83. The lowest BCUT2D eigenvalue weighted by molar-refractivity contribution is 0.459. The summed E-state index contributed by atoms with van der Waals surface area (Å²) >= 11 is 0. The Labute approximate surface area is 85.3 Å². The van der Waals surface area contributed by atoms with E-state index in [1.54, 1.807) is 0 Å². The smallest absolute Gasteiger partial charge is 0.110 e. The van der Waals surface area contributed by atoms with Crippen molar-refractivity contribution in [2.45, 2.75) is 51.6 Å². The fourth-order valence-corrected chi connectivity index (χ4v) is 2.23. The Kier molecular flexibility index (Phi) is 2.59. The molecule has 2 N–H and O–H groups in total. The number of aromatic nitrogens is 2. The van der Waals surface area contributed by atoms with Gasteiger partial charge in [-0.05, 0) is 25.7 Å². The van der Waals surface area contributed by atoms with E-state index in [4.69, 9.17) is 5.73 Å². The fraction of sp³-hybridized carbons (Fsp3) is 0.727. The summed E-state index contributed by atoms with van der Waals surface area (Å²) in [4.78, 5) is 4.47. The summed E-state index contributed by atoms with van der Waals surface area (Å²) in [7, 11) is 0. The van der Waals surface area contributed by atoms with Gasteiger partial charge in [0, 0.05) is 30.9 Å². The lowest BCUT2D eigenvalue weighted by Gasteiger charge is -2.22. The number of hydrogen-bond donors (Lipinski definition) is 1. The summed E-state index contributed by atoms with van der Waals surface area (Å²) in [5.41, 5.74) is 7.19. The lowest BCUT2D eigenvalue weighted by atomic mass is 9.98. The first-order valence-corrected chi connectivity index (χ1v) is 5.48. The first-order valence-electron chi connectivity index (χ1n) is 5.48. The van der Waals surface area contributed by atoms with Crippen LogP contribution in [0.3, 0.4) is 0 Å². The summed E-state index contributed by atoms with van der Waals surface area (Å²) in [6, 6.07) is 0.207. The van der Waals surface area contributed by atoms with E-state index in [9.17, 15) is 0 Å². The second-order valence-corrected chi connectivity index (χ2v) is 4.48. The minimum atomic E-state index is 0.207. The Morgan fingerprint density at radius 3 is 3.21 bits per heavy atom. The molecule has 78 valence electrons. The van der Waals surface area contributed by atoms with Crippen LogP contribution in [0.4, 0.5) is 0 Å². The second kappa shape index (κ2) is 3.73. The SMILES string of the molecule is CC(N)Cc1ncc2n1CCCC2C. The van der Waals surface area contributed by atoms with Gasteiger partial charge in [0.15, 0.2) is 0 Å². The van der Waals surface area contributed by atoms with Crippen LogP contribution in [0.5, 0.6) is 0 Å². The van der Waals surface area contributed by atoms with Gasteiger partial charge < -0.3 is 10.3 Å². The highest BCUT2D eigenvalue weighted by Crippen LogP contribution is 2.27. The highest BCUT2D eigenvalue weighted by atomic mass is 15.1. The van der Waals surface area contributed by atoms with E-state index < -0.39 is 0 Å². The van der Waals surface area contributed by atoms with E-state index in [1.165, 1.54) is 24.4 Å². The Bertz CT molecular complexity index is 314. The van der Waals surface area contributed by atoms with Crippen molar-refractivity contribution in [3.05, 3.63) is 17.7 Å². The number of nitrogens with zero attached hydrogens (tertiary/aromatic N) is 2. The van der Waals surface area contributed by atoms with Crippen molar-refractivity contribution in [2.24, 2.45) is 5.73 Å². The Morgan fingerprint density at radius 1 is 1.71 bits per heavy atom. The molecule has 0 spiro atoms. The van der Waals surface area contributed by atoms with Crippen molar-refractivity contribution in [3.63, 3.8) is 0 Å². The molecule has 14 heavy (non-hydrogen) atoms. The molecule has 0 aromatic carbocycles. The van der Waals surface area contributed by atoms with Gasteiger partial charge in [-0.15, -0.1) is 0 Å². The van der Waals surface area contributed by atoms with E-state index in [1.807, 2.05) is 13.1 Å². The maximum absolute atomic E-state index is 5.80. The molecular weight excluding hydrogens is 174 g/mol. The zero-order valence-electron chi connectivity index (χ0n) is 9.03. The third-order valence-electron chi connectivity index (χ3n) is 3.00. The second-order valence-electron chi connectivity index (χ2n) is 4.48. The molecule has 2 atom stereocenters. The highest BCUT2D eigenvalue weighted by molar-refractivity contribution is 5.13. The van der Waals surface area contributed by atoms with Crippen LogP contribution in [-0.4, -0.2) is 15.6 Å². The first kappa shape index (κ1) is 9.71. The van der Waals surface area contributed by atoms with Gasteiger partial charge in [-0.2, -0.15) is 0 Å². The molecular formula is C11H19N3. The van der Waals surface area contributed by atoms with Crippen LogP contribution >= 0.6 is 0 Å². The summed E-state index contributed by atoms with van der Waals surface area (Å²) in [6.45, 7) is 5.44. The minimum Gasteiger partial charge on any atom is -0.332 e. The number of fused-ring (bicyclic) bond motifs is 1. The standard InChI is InChI=1S/C11H19N3/c1-8-4-3-5-14-10(8)7-13-11(14)6-9(2)12/h7-9H,3-6,12H2,1-2H3. The third kappa shape index (κ3) is 1.69. The zero-order valence-corrected chi connectivity index (χ0v) is 9.03. The van der Waals surface area contributed by atoms with E-state index in [0.717, 1.165) is 13.0 Å². The maximum atomic E-state index is 5.80. The highest BCUT2D eigenvalue weighted by Gasteiger charge is 2.19. The molecule has 0 saturated carbocycles. The molecule has 0 bridgehead atoms. The Hall–Kier alpha value is -0.830. The maximum Gasteiger partial charge on any atom is 0.110 e. The number of nitrogens with two attached hydrogens (primary N) is 1. The van der Waals surface area contributed by atoms with Crippen molar-refractivity contribution in [3.8, 4) is 0 Å². The van der Waals surface area contributed by atoms with Gasteiger partial charge in [0.25, 0.3) is 0 Å². The van der Waals surface area contributed by atoms with Crippen molar-refractivity contribution in [2.75, 3.05) is 0 Å². The molecule has 0 aliphatic carbocycles.